The van der Waals surface area contributed by atoms with Crippen molar-refractivity contribution in [2.75, 3.05) is 46.9 Å². The summed E-state index contributed by atoms with van der Waals surface area (Å²) in [5.74, 6) is 0.773. The van der Waals surface area contributed by atoms with Gasteiger partial charge in [0.2, 0.25) is 0 Å². The van der Waals surface area contributed by atoms with Gasteiger partial charge in [-0.1, -0.05) is 12.1 Å². The molecule has 2 unspecified atom stereocenters. The Morgan fingerprint density at radius 2 is 2.25 bits per heavy atom. The molecule has 1 saturated heterocycles. The molecule has 0 saturated carbocycles. The van der Waals surface area contributed by atoms with E-state index in [1.54, 1.807) is 7.11 Å². The lowest BCUT2D eigenvalue weighted by Crippen LogP contribution is -2.55. The van der Waals surface area contributed by atoms with Gasteiger partial charge in [-0.25, -0.2) is 0 Å². The zero-order valence-electron chi connectivity index (χ0n) is 12.3. The average molecular weight is 279 g/mol. The van der Waals surface area contributed by atoms with Crippen LogP contribution in [0.5, 0.6) is 5.75 Å². The fourth-order valence-corrected chi connectivity index (χ4v) is 2.69. The van der Waals surface area contributed by atoms with E-state index in [-0.39, 0.29) is 0 Å². The predicted molar refractivity (Wildman–Crippen MR) is 79.9 cm³/mol. The maximum Gasteiger partial charge on any atom is 0.119 e. The molecule has 112 valence electrons. The number of hydrogen-bond acceptors (Lipinski definition) is 5. The Bertz CT molecular complexity index is 427. The predicted octanol–water partition coefficient (Wildman–Crippen LogP) is 0.303. The number of β-amino-alcohol motifs (C(OH)–C–C–N with tert-alkyl or cyclic N) is 1. The van der Waals surface area contributed by atoms with Gasteiger partial charge in [0, 0.05) is 38.8 Å². The molecule has 0 bridgehead atoms. The Morgan fingerprint density at radius 1 is 1.45 bits per heavy atom. The first-order valence-electron chi connectivity index (χ1n) is 7.08. The molecule has 1 fully saturated rings. The minimum absolute atomic E-state index is 0.314. The number of likely N-dealkylation sites (N-methyl/N-ethyl adjacent to an activating group) is 1. The summed E-state index contributed by atoms with van der Waals surface area (Å²) in [5, 5.41) is 10.4. The van der Waals surface area contributed by atoms with Crippen molar-refractivity contribution < 1.29 is 9.84 Å². The second kappa shape index (κ2) is 7.04. The Morgan fingerprint density at radius 3 is 2.95 bits per heavy atom. The van der Waals surface area contributed by atoms with Crippen LogP contribution in [-0.4, -0.2) is 67.8 Å². The molecule has 0 amide bonds. The second-order valence-electron chi connectivity index (χ2n) is 5.44. The molecule has 1 aliphatic heterocycles. The highest BCUT2D eigenvalue weighted by molar-refractivity contribution is 5.29. The first-order chi connectivity index (χ1) is 9.63. The fourth-order valence-electron chi connectivity index (χ4n) is 2.69. The minimum Gasteiger partial charge on any atom is -0.497 e. The van der Waals surface area contributed by atoms with Gasteiger partial charge in [0.1, 0.15) is 5.75 Å². The third-order valence-corrected chi connectivity index (χ3v) is 3.97. The van der Waals surface area contributed by atoms with Crippen molar-refractivity contribution in [3.63, 3.8) is 0 Å². The maximum atomic E-state index is 10.4. The molecule has 1 heterocycles. The Kier molecular flexibility index (Phi) is 5.37. The van der Waals surface area contributed by atoms with E-state index in [9.17, 15) is 5.11 Å². The van der Waals surface area contributed by atoms with Crippen molar-refractivity contribution in [3.05, 3.63) is 29.8 Å². The van der Waals surface area contributed by atoms with Crippen LogP contribution in [0, 0.1) is 0 Å². The van der Waals surface area contributed by atoms with Gasteiger partial charge < -0.3 is 20.5 Å². The molecule has 2 rings (SSSR count). The Hall–Kier alpha value is -1.14. The number of benzene rings is 1. The average Bonchev–Trinajstić information content (AvgIpc) is 2.49. The third kappa shape index (κ3) is 3.70. The summed E-state index contributed by atoms with van der Waals surface area (Å²) in [4.78, 5) is 4.57. The molecule has 20 heavy (non-hydrogen) atoms. The lowest BCUT2D eigenvalue weighted by atomic mass is 10.1. The van der Waals surface area contributed by atoms with Crippen LogP contribution in [0.1, 0.15) is 11.7 Å². The number of aliphatic hydroxyl groups excluding tert-OH is 1. The number of aliphatic hydroxyl groups is 1. The first-order valence-corrected chi connectivity index (χ1v) is 7.08. The number of ether oxygens (including phenoxy) is 1. The molecule has 3 N–H and O–H groups in total. The SMILES string of the molecule is COc1cccc(C(O)CN2CCN(C)CC2CN)c1. The van der Waals surface area contributed by atoms with E-state index in [2.05, 4.69) is 16.8 Å². The van der Waals surface area contributed by atoms with E-state index < -0.39 is 6.10 Å². The molecule has 5 nitrogen and oxygen atoms in total. The van der Waals surface area contributed by atoms with E-state index in [1.165, 1.54) is 0 Å². The molecule has 0 aliphatic carbocycles. The Balaban J connectivity index is 2.00. The first kappa shape index (κ1) is 15.3. The topological polar surface area (TPSA) is 62.0 Å². The van der Waals surface area contributed by atoms with Crippen LogP contribution >= 0.6 is 0 Å². The Labute approximate surface area is 120 Å². The van der Waals surface area contributed by atoms with E-state index in [0.717, 1.165) is 30.9 Å². The lowest BCUT2D eigenvalue weighted by Gasteiger charge is -2.40. The van der Waals surface area contributed by atoms with Gasteiger partial charge in [-0.2, -0.15) is 0 Å². The van der Waals surface area contributed by atoms with E-state index >= 15 is 0 Å². The molecule has 1 aliphatic rings. The van der Waals surface area contributed by atoms with Gasteiger partial charge in [0.05, 0.1) is 13.2 Å². The van der Waals surface area contributed by atoms with Gasteiger partial charge in [-0.3, -0.25) is 4.90 Å². The number of methoxy groups -OCH3 is 1. The van der Waals surface area contributed by atoms with E-state index in [0.29, 0.717) is 19.1 Å². The zero-order chi connectivity index (χ0) is 14.5. The van der Waals surface area contributed by atoms with Crippen LogP contribution < -0.4 is 10.5 Å². The van der Waals surface area contributed by atoms with Crippen molar-refractivity contribution in [1.82, 2.24) is 9.80 Å². The molecule has 1 aromatic rings. The van der Waals surface area contributed by atoms with Gasteiger partial charge >= 0.3 is 0 Å². The van der Waals surface area contributed by atoms with Gasteiger partial charge in [0.25, 0.3) is 0 Å². The number of piperazine rings is 1. The third-order valence-electron chi connectivity index (χ3n) is 3.97. The van der Waals surface area contributed by atoms with Crippen molar-refractivity contribution in [1.29, 1.82) is 0 Å². The van der Waals surface area contributed by atoms with Crippen molar-refractivity contribution in [2.45, 2.75) is 12.1 Å². The highest BCUT2D eigenvalue weighted by Gasteiger charge is 2.26. The monoisotopic (exact) mass is 279 g/mol. The summed E-state index contributed by atoms with van der Waals surface area (Å²) in [6.07, 6.45) is -0.512. The van der Waals surface area contributed by atoms with Crippen molar-refractivity contribution in [2.24, 2.45) is 5.73 Å². The standard InChI is InChI=1S/C15H25N3O2/c1-17-6-7-18(13(9-16)10-17)11-15(19)12-4-3-5-14(8-12)20-2/h3-5,8,13,15,19H,6-7,9-11,16H2,1-2H3. The van der Waals surface area contributed by atoms with Gasteiger partial charge in [-0.05, 0) is 24.7 Å². The minimum atomic E-state index is -0.512. The number of nitrogens with two attached hydrogens (primary N) is 1. The van der Waals surface area contributed by atoms with Crippen LogP contribution in [0.25, 0.3) is 0 Å². The summed E-state index contributed by atoms with van der Waals surface area (Å²) >= 11 is 0. The molecule has 1 aromatic carbocycles. The molecule has 2 atom stereocenters. The molecule has 0 radical (unpaired) electrons. The van der Waals surface area contributed by atoms with Crippen LogP contribution in [0.2, 0.25) is 0 Å². The molecule has 0 spiro atoms. The van der Waals surface area contributed by atoms with Crippen LogP contribution in [0.4, 0.5) is 0 Å². The molecule has 5 heteroatoms. The lowest BCUT2D eigenvalue weighted by molar-refractivity contribution is 0.0437. The quantitative estimate of drug-likeness (QED) is 0.812. The van der Waals surface area contributed by atoms with Gasteiger partial charge in [0.15, 0.2) is 0 Å². The van der Waals surface area contributed by atoms with Crippen LogP contribution in [0.15, 0.2) is 24.3 Å². The normalized spacial score (nSPS) is 22.7. The summed E-state index contributed by atoms with van der Waals surface area (Å²) in [5.41, 5.74) is 6.73. The largest absolute Gasteiger partial charge is 0.497 e. The summed E-state index contributed by atoms with van der Waals surface area (Å²) < 4.78 is 5.20. The number of hydrogen-bond donors (Lipinski definition) is 2. The van der Waals surface area contributed by atoms with Crippen molar-refractivity contribution >= 4 is 0 Å². The van der Waals surface area contributed by atoms with E-state index in [1.807, 2.05) is 24.3 Å². The number of nitrogens with zero attached hydrogens (tertiary/aromatic N) is 2. The highest BCUT2D eigenvalue weighted by Crippen LogP contribution is 2.21. The summed E-state index contributed by atoms with van der Waals surface area (Å²) in [6, 6.07) is 7.92. The maximum absolute atomic E-state index is 10.4. The zero-order valence-corrected chi connectivity index (χ0v) is 12.3. The number of rotatable bonds is 5. The molecule has 0 aromatic heterocycles. The van der Waals surface area contributed by atoms with Crippen LogP contribution in [0.3, 0.4) is 0 Å². The van der Waals surface area contributed by atoms with Gasteiger partial charge in [-0.15, -0.1) is 0 Å². The summed E-state index contributed by atoms with van der Waals surface area (Å²) in [6.45, 7) is 4.15. The second-order valence-corrected chi connectivity index (χ2v) is 5.44. The summed E-state index contributed by atoms with van der Waals surface area (Å²) in [7, 11) is 3.74. The fraction of sp³-hybridized carbons (Fsp3) is 0.600. The molecular formula is C15H25N3O2. The molecular weight excluding hydrogens is 254 g/mol. The van der Waals surface area contributed by atoms with Crippen LogP contribution in [-0.2, 0) is 0 Å². The van der Waals surface area contributed by atoms with Crippen molar-refractivity contribution in [3.8, 4) is 5.75 Å². The highest BCUT2D eigenvalue weighted by atomic mass is 16.5. The smallest absolute Gasteiger partial charge is 0.119 e. The van der Waals surface area contributed by atoms with E-state index in [4.69, 9.17) is 10.5 Å².